The van der Waals surface area contributed by atoms with Crippen LogP contribution in [0.15, 0.2) is 33.2 Å². The van der Waals surface area contributed by atoms with Gasteiger partial charge in [0.1, 0.15) is 5.58 Å². The van der Waals surface area contributed by atoms with Crippen LogP contribution in [0.25, 0.3) is 22.6 Å². The summed E-state index contributed by atoms with van der Waals surface area (Å²) in [7, 11) is 0. The number of fused-ring (bicyclic) bond motifs is 1. The molecule has 0 bridgehead atoms. The van der Waals surface area contributed by atoms with Gasteiger partial charge in [0.15, 0.2) is 5.76 Å². The van der Waals surface area contributed by atoms with E-state index in [0.29, 0.717) is 24.2 Å². The lowest BCUT2D eigenvalue weighted by atomic mass is 10.1. The Morgan fingerprint density at radius 3 is 2.72 bits per heavy atom. The minimum atomic E-state index is -0.347. The molecule has 2 aromatic heterocycles. The van der Waals surface area contributed by atoms with Crippen LogP contribution >= 0.6 is 0 Å². The summed E-state index contributed by atoms with van der Waals surface area (Å²) in [6.07, 6.45) is 6.08. The average molecular weight is 396 g/mol. The Hall–Kier alpha value is -2.67. The molecule has 3 heterocycles. The molecule has 0 aliphatic carbocycles. The van der Waals surface area contributed by atoms with Gasteiger partial charge in [-0.15, -0.1) is 0 Å². The van der Waals surface area contributed by atoms with Crippen molar-refractivity contribution in [3.05, 3.63) is 35.7 Å². The van der Waals surface area contributed by atoms with Crippen LogP contribution in [-0.4, -0.2) is 46.6 Å². The van der Waals surface area contributed by atoms with E-state index in [2.05, 4.69) is 27.3 Å². The second-order valence-electron chi connectivity index (χ2n) is 7.82. The van der Waals surface area contributed by atoms with Crippen molar-refractivity contribution in [2.24, 2.45) is 0 Å². The highest BCUT2D eigenvalue weighted by Gasteiger charge is 2.21. The molecule has 1 fully saturated rings. The van der Waals surface area contributed by atoms with E-state index in [4.69, 9.17) is 8.94 Å². The Labute approximate surface area is 170 Å². The van der Waals surface area contributed by atoms with E-state index >= 15 is 0 Å². The molecule has 0 unspecified atom stereocenters. The molecule has 4 rings (SSSR count). The molecule has 3 aromatic rings. The van der Waals surface area contributed by atoms with Gasteiger partial charge in [-0.1, -0.05) is 36.2 Å². The second kappa shape index (κ2) is 8.78. The van der Waals surface area contributed by atoms with Crippen molar-refractivity contribution < 1.29 is 13.7 Å². The van der Waals surface area contributed by atoms with Crippen molar-refractivity contribution in [1.29, 1.82) is 0 Å². The molecule has 1 aliphatic rings. The summed E-state index contributed by atoms with van der Waals surface area (Å²) in [6.45, 7) is 7.06. The molecule has 0 saturated carbocycles. The lowest BCUT2D eigenvalue weighted by molar-refractivity contribution is 0.0904. The van der Waals surface area contributed by atoms with Crippen LogP contribution in [0.2, 0.25) is 0 Å². The summed E-state index contributed by atoms with van der Waals surface area (Å²) in [5, 5.41) is 7.84. The summed E-state index contributed by atoms with van der Waals surface area (Å²) in [6, 6.07) is 8.19. The molecular formula is C22H28N4O3. The molecule has 1 saturated heterocycles. The normalized spacial score (nSPS) is 16.6. The van der Waals surface area contributed by atoms with Gasteiger partial charge >= 0.3 is 11.8 Å². The van der Waals surface area contributed by atoms with Gasteiger partial charge in [-0.25, -0.2) is 0 Å². The molecule has 154 valence electrons. The van der Waals surface area contributed by atoms with E-state index in [9.17, 15) is 4.79 Å². The number of hydrogen-bond donors (Lipinski definition) is 1. The zero-order valence-corrected chi connectivity index (χ0v) is 17.1. The summed E-state index contributed by atoms with van der Waals surface area (Å²) in [4.78, 5) is 19.2. The standard InChI is InChI=1S/C22H28N4O3/c1-15(26-13-7-3-4-8-14-26)11-12-23-21(27)22-24-20(25-29-22)19-16(2)17-9-5-6-10-18(17)28-19/h5-6,9-10,15H,3-4,7-8,11-14H2,1-2H3,(H,23,27)/t15-/m1/s1. The summed E-state index contributed by atoms with van der Waals surface area (Å²) in [5.41, 5.74) is 1.69. The number of benzene rings is 1. The van der Waals surface area contributed by atoms with E-state index in [0.717, 1.165) is 36.0 Å². The maximum Gasteiger partial charge on any atom is 0.316 e. The number of furan rings is 1. The van der Waals surface area contributed by atoms with Gasteiger partial charge in [-0.05, 0) is 52.3 Å². The molecule has 1 atom stereocenters. The average Bonchev–Trinajstić information content (AvgIpc) is 3.23. The van der Waals surface area contributed by atoms with Gasteiger partial charge in [-0.3, -0.25) is 4.79 Å². The molecule has 29 heavy (non-hydrogen) atoms. The Bertz CT molecular complexity index is 970. The molecular weight excluding hydrogens is 368 g/mol. The number of carbonyl (C=O) groups is 1. The Morgan fingerprint density at radius 2 is 1.97 bits per heavy atom. The van der Waals surface area contributed by atoms with E-state index in [1.54, 1.807) is 0 Å². The van der Waals surface area contributed by atoms with Gasteiger partial charge < -0.3 is 19.2 Å². The molecule has 0 spiro atoms. The third kappa shape index (κ3) is 4.34. The molecule has 1 aromatic carbocycles. The minimum absolute atomic E-state index is 0.0396. The topological polar surface area (TPSA) is 84.4 Å². The van der Waals surface area contributed by atoms with Crippen LogP contribution in [0.1, 0.15) is 55.3 Å². The zero-order chi connectivity index (χ0) is 20.2. The van der Waals surface area contributed by atoms with E-state index < -0.39 is 0 Å². The lowest BCUT2D eigenvalue weighted by Crippen LogP contribution is -2.37. The fourth-order valence-corrected chi connectivity index (χ4v) is 3.98. The SMILES string of the molecule is Cc1c(-c2noc(C(=O)NCC[C@@H](C)N3CCCCCC3)n2)oc2ccccc12. The zero-order valence-electron chi connectivity index (χ0n) is 17.1. The predicted octanol–water partition coefficient (Wildman–Crippen LogP) is 4.18. The highest BCUT2D eigenvalue weighted by atomic mass is 16.5. The largest absolute Gasteiger partial charge is 0.452 e. The third-order valence-corrected chi connectivity index (χ3v) is 5.78. The quantitative estimate of drug-likeness (QED) is 0.673. The van der Waals surface area contributed by atoms with Gasteiger partial charge in [-0.2, -0.15) is 4.98 Å². The first-order chi connectivity index (χ1) is 14.1. The van der Waals surface area contributed by atoms with Gasteiger partial charge in [0, 0.05) is 23.5 Å². The highest BCUT2D eigenvalue weighted by Crippen LogP contribution is 2.31. The van der Waals surface area contributed by atoms with Crippen LogP contribution in [0.5, 0.6) is 0 Å². The first-order valence-electron chi connectivity index (χ1n) is 10.5. The second-order valence-corrected chi connectivity index (χ2v) is 7.82. The minimum Gasteiger partial charge on any atom is -0.452 e. The molecule has 1 N–H and O–H groups in total. The van der Waals surface area contributed by atoms with Gasteiger partial charge in [0.2, 0.25) is 5.82 Å². The van der Waals surface area contributed by atoms with Gasteiger partial charge in [0.25, 0.3) is 0 Å². The van der Waals surface area contributed by atoms with Crippen molar-refractivity contribution in [2.45, 2.75) is 52.0 Å². The molecule has 1 aliphatic heterocycles. The van der Waals surface area contributed by atoms with Crippen LogP contribution in [0, 0.1) is 6.92 Å². The number of amides is 1. The van der Waals surface area contributed by atoms with Crippen molar-refractivity contribution in [2.75, 3.05) is 19.6 Å². The number of aryl methyl sites for hydroxylation is 1. The number of nitrogens with one attached hydrogen (secondary N) is 1. The first-order valence-corrected chi connectivity index (χ1v) is 10.5. The Balaban J connectivity index is 1.35. The van der Waals surface area contributed by atoms with Gasteiger partial charge in [0.05, 0.1) is 0 Å². The summed E-state index contributed by atoms with van der Waals surface area (Å²) < 4.78 is 11.0. The van der Waals surface area contributed by atoms with Crippen molar-refractivity contribution in [3.63, 3.8) is 0 Å². The van der Waals surface area contributed by atoms with Crippen molar-refractivity contribution >= 4 is 16.9 Å². The number of nitrogens with zero attached hydrogens (tertiary/aromatic N) is 3. The van der Waals surface area contributed by atoms with Crippen molar-refractivity contribution in [3.8, 4) is 11.6 Å². The molecule has 0 radical (unpaired) electrons. The molecule has 7 nitrogen and oxygen atoms in total. The number of hydrogen-bond acceptors (Lipinski definition) is 6. The van der Waals surface area contributed by atoms with E-state index in [1.807, 2.05) is 31.2 Å². The molecule has 7 heteroatoms. The lowest BCUT2D eigenvalue weighted by Gasteiger charge is -2.27. The fraction of sp³-hybridized carbons (Fsp3) is 0.500. The highest BCUT2D eigenvalue weighted by molar-refractivity contribution is 5.90. The predicted molar refractivity (Wildman–Crippen MR) is 111 cm³/mol. The number of aromatic nitrogens is 2. The van der Waals surface area contributed by atoms with E-state index in [1.165, 1.54) is 25.7 Å². The van der Waals surface area contributed by atoms with Crippen LogP contribution < -0.4 is 5.32 Å². The van der Waals surface area contributed by atoms with Crippen LogP contribution in [0.4, 0.5) is 0 Å². The third-order valence-electron chi connectivity index (χ3n) is 5.78. The number of rotatable bonds is 6. The summed E-state index contributed by atoms with van der Waals surface area (Å²) >= 11 is 0. The summed E-state index contributed by atoms with van der Waals surface area (Å²) in [5.74, 6) is 0.438. The maximum absolute atomic E-state index is 12.4. The first kappa shape index (κ1) is 19.6. The number of likely N-dealkylation sites (tertiary alicyclic amines) is 1. The Kier molecular flexibility index (Phi) is 5.94. The number of carbonyl (C=O) groups excluding carboxylic acids is 1. The molecule has 1 amide bonds. The maximum atomic E-state index is 12.4. The van der Waals surface area contributed by atoms with Crippen LogP contribution in [-0.2, 0) is 0 Å². The number of para-hydroxylation sites is 1. The smallest absolute Gasteiger partial charge is 0.316 e. The van der Waals surface area contributed by atoms with E-state index in [-0.39, 0.29) is 11.8 Å². The fourth-order valence-electron chi connectivity index (χ4n) is 3.98. The van der Waals surface area contributed by atoms with Crippen molar-refractivity contribution in [1.82, 2.24) is 20.4 Å². The monoisotopic (exact) mass is 396 g/mol. The van der Waals surface area contributed by atoms with Crippen LogP contribution in [0.3, 0.4) is 0 Å². The Morgan fingerprint density at radius 1 is 1.21 bits per heavy atom.